The number of H-pyrrole nitrogens is 1. The molecule has 112 valence electrons. The second kappa shape index (κ2) is 6.76. The van der Waals surface area contributed by atoms with Crippen LogP contribution in [-0.4, -0.2) is 16.3 Å². The summed E-state index contributed by atoms with van der Waals surface area (Å²) in [5.41, 5.74) is 3.62. The summed E-state index contributed by atoms with van der Waals surface area (Å²) in [6.07, 6.45) is 7.32. The molecule has 0 saturated heterocycles. The van der Waals surface area contributed by atoms with Crippen molar-refractivity contribution in [1.29, 1.82) is 0 Å². The highest BCUT2D eigenvalue weighted by atomic mass is 16.5. The molecular formula is C17H23N3O. The normalized spacial score (nSPS) is 15.5. The van der Waals surface area contributed by atoms with Crippen LogP contribution in [0.1, 0.15) is 42.5 Å². The van der Waals surface area contributed by atoms with Crippen LogP contribution in [0.25, 0.3) is 0 Å². The lowest BCUT2D eigenvalue weighted by atomic mass is 10.2. The molecule has 3 rings (SSSR count). The summed E-state index contributed by atoms with van der Waals surface area (Å²) >= 11 is 0. The minimum Gasteiger partial charge on any atom is -0.490 e. The van der Waals surface area contributed by atoms with Crippen molar-refractivity contribution in [3.63, 3.8) is 0 Å². The van der Waals surface area contributed by atoms with Gasteiger partial charge in [-0.1, -0.05) is 12.1 Å². The lowest BCUT2D eigenvalue weighted by Crippen LogP contribution is -2.13. The van der Waals surface area contributed by atoms with Crippen LogP contribution < -0.4 is 10.1 Å². The molecule has 1 saturated carbocycles. The Hall–Kier alpha value is -1.81. The van der Waals surface area contributed by atoms with Gasteiger partial charge in [-0.25, -0.2) is 0 Å². The third-order valence-corrected chi connectivity index (χ3v) is 4.11. The van der Waals surface area contributed by atoms with E-state index in [1.54, 1.807) is 0 Å². The number of hydrogen-bond acceptors (Lipinski definition) is 3. The van der Waals surface area contributed by atoms with Gasteiger partial charge in [-0.05, 0) is 50.3 Å². The minimum absolute atomic E-state index is 0.429. The Morgan fingerprint density at radius 2 is 1.95 bits per heavy atom. The fraction of sp³-hybridized carbons (Fsp3) is 0.471. The Labute approximate surface area is 125 Å². The van der Waals surface area contributed by atoms with Crippen LogP contribution in [-0.2, 0) is 13.1 Å². The molecule has 0 bridgehead atoms. The highest BCUT2D eigenvalue weighted by molar-refractivity contribution is 5.27. The average molecular weight is 285 g/mol. The van der Waals surface area contributed by atoms with E-state index < -0.39 is 0 Å². The first kappa shape index (κ1) is 14.1. The first-order valence-electron chi connectivity index (χ1n) is 7.76. The van der Waals surface area contributed by atoms with Crippen molar-refractivity contribution >= 4 is 0 Å². The van der Waals surface area contributed by atoms with E-state index in [4.69, 9.17) is 4.74 Å². The van der Waals surface area contributed by atoms with Gasteiger partial charge in [0.05, 0.1) is 12.3 Å². The van der Waals surface area contributed by atoms with Crippen molar-refractivity contribution in [2.45, 2.75) is 51.8 Å². The van der Waals surface area contributed by atoms with Gasteiger partial charge in [-0.15, -0.1) is 0 Å². The average Bonchev–Trinajstić information content (AvgIpc) is 3.13. The first-order valence-corrected chi connectivity index (χ1v) is 7.76. The maximum atomic E-state index is 5.98. The predicted octanol–water partition coefficient (Wildman–Crippen LogP) is 3.33. The molecule has 1 fully saturated rings. The molecule has 21 heavy (non-hydrogen) atoms. The molecule has 1 aromatic carbocycles. The number of rotatable bonds is 6. The van der Waals surface area contributed by atoms with Gasteiger partial charge in [0.2, 0.25) is 0 Å². The fourth-order valence-corrected chi connectivity index (χ4v) is 2.78. The van der Waals surface area contributed by atoms with Crippen LogP contribution in [0.5, 0.6) is 5.75 Å². The van der Waals surface area contributed by atoms with E-state index in [0.29, 0.717) is 6.10 Å². The Balaban J connectivity index is 1.46. The molecule has 0 aliphatic heterocycles. The molecule has 1 aromatic heterocycles. The third kappa shape index (κ3) is 3.85. The fourth-order valence-electron chi connectivity index (χ4n) is 2.78. The smallest absolute Gasteiger partial charge is 0.119 e. The molecule has 4 nitrogen and oxygen atoms in total. The minimum atomic E-state index is 0.429. The second-order valence-electron chi connectivity index (χ2n) is 5.79. The Morgan fingerprint density at radius 1 is 1.19 bits per heavy atom. The molecule has 2 N–H and O–H groups in total. The second-order valence-corrected chi connectivity index (χ2v) is 5.79. The van der Waals surface area contributed by atoms with E-state index in [0.717, 1.165) is 24.5 Å². The monoisotopic (exact) mass is 285 g/mol. The molecule has 0 radical (unpaired) electrons. The number of hydrogen-bond donors (Lipinski definition) is 2. The van der Waals surface area contributed by atoms with Gasteiger partial charge in [0.25, 0.3) is 0 Å². The van der Waals surface area contributed by atoms with Crippen LogP contribution >= 0.6 is 0 Å². The van der Waals surface area contributed by atoms with Gasteiger partial charge in [-0.2, -0.15) is 5.10 Å². The highest BCUT2D eigenvalue weighted by Gasteiger charge is 2.16. The van der Waals surface area contributed by atoms with Crippen molar-refractivity contribution in [3.05, 3.63) is 47.3 Å². The number of benzene rings is 1. The van der Waals surface area contributed by atoms with Crippen LogP contribution in [0.3, 0.4) is 0 Å². The lowest BCUT2D eigenvalue weighted by Gasteiger charge is -2.13. The largest absolute Gasteiger partial charge is 0.490 e. The zero-order chi connectivity index (χ0) is 14.5. The Morgan fingerprint density at radius 3 is 2.62 bits per heavy atom. The number of aromatic amines is 1. The lowest BCUT2D eigenvalue weighted by molar-refractivity contribution is 0.210. The zero-order valence-electron chi connectivity index (χ0n) is 12.6. The molecule has 1 heterocycles. The summed E-state index contributed by atoms with van der Waals surface area (Å²) < 4.78 is 5.98. The number of nitrogens with zero attached hydrogens (tertiary/aromatic N) is 1. The van der Waals surface area contributed by atoms with E-state index in [9.17, 15) is 0 Å². The molecular weight excluding hydrogens is 262 g/mol. The summed E-state index contributed by atoms with van der Waals surface area (Å²) in [5.74, 6) is 0.997. The van der Waals surface area contributed by atoms with Crippen LogP contribution in [0.2, 0.25) is 0 Å². The highest BCUT2D eigenvalue weighted by Crippen LogP contribution is 2.24. The van der Waals surface area contributed by atoms with Crippen LogP contribution in [0.15, 0.2) is 30.5 Å². The van der Waals surface area contributed by atoms with Gasteiger partial charge < -0.3 is 10.1 Å². The summed E-state index contributed by atoms with van der Waals surface area (Å²) in [6, 6.07) is 8.44. The molecule has 0 unspecified atom stereocenters. The molecule has 4 heteroatoms. The number of ether oxygens (including phenoxy) is 1. The van der Waals surface area contributed by atoms with Crippen molar-refractivity contribution in [3.8, 4) is 5.75 Å². The Kier molecular flexibility index (Phi) is 4.55. The standard InChI is InChI=1S/C17H23N3O/c1-13-15(12-19-20-13)11-18-10-14-6-8-17(9-7-14)21-16-4-2-3-5-16/h6-9,12,16,18H,2-5,10-11H2,1H3,(H,19,20). The van der Waals surface area contributed by atoms with Crippen molar-refractivity contribution in [2.24, 2.45) is 0 Å². The van der Waals surface area contributed by atoms with Crippen molar-refractivity contribution in [2.75, 3.05) is 0 Å². The summed E-state index contributed by atoms with van der Waals surface area (Å²) in [4.78, 5) is 0. The first-order chi connectivity index (χ1) is 10.3. The van der Waals surface area contributed by atoms with E-state index in [-0.39, 0.29) is 0 Å². The maximum absolute atomic E-state index is 5.98. The number of nitrogens with one attached hydrogen (secondary N) is 2. The molecule has 2 aromatic rings. The number of aromatic nitrogens is 2. The van der Waals surface area contributed by atoms with E-state index >= 15 is 0 Å². The summed E-state index contributed by atoms with van der Waals surface area (Å²) in [5, 5.41) is 10.4. The SMILES string of the molecule is Cc1[nH]ncc1CNCc1ccc(OC2CCCC2)cc1. The van der Waals surface area contributed by atoms with Gasteiger partial charge in [0.15, 0.2) is 0 Å². The van der Waals surface area contributed by atoms with E-state index in [1.165, 1.54) is 36.8 Å². The zero-order valence-corrected chi connectivity index (χ0v) is 12.6. The summed E-state index contributed by atoms with van der Waals surface area (Å²) in [6.45, 7) is 3.73. The number of aryl methyl sites for hydroxylation is 1. The van der Waals surface area contributed by atoms with Crippen LogP contribution in [0, 0.1) is 6.92 Å². The third-order valence-electron chi connectivity index (χ3n) is 4.11. The van der Waals surface area contributed by atoms with Gasteiger partial charge in [-0.3, -0.25) is 5.10 Å². The van der Waals surface area contributed by atoms with E-state index in [2.05, 4.69) is 39.8 Å². The van der Waals surface area contributed by atoms with Gasteiger partial charge in [0, 0.05) is 24.3 Å². The Bertz CT molecular complexity index is 556. The van der Waals surface area contributed by atoms with Gasteiger partial charge in [0.1, 0.15) is 5.75 Å². The molecule has 0 atom stereocenters. The maximum Gasteiger partial charge on any atom is 0.119 e. The van der Waals surface area contributed by atoms with Crippen molar-refractivity contribution in [1.82, 2.24) is 15.5 Å². The summed E-state index contributed by atoms with van der Waals surface area (Å²) in [7, 11) is 0. The molecule has 0 spiro atoms. The van der Waals surface area contributed by atoms with E-state index in [1.807, 2.05) is 13.1 Å². The molecule has 1 aliphatic rings. The van der Waals surface area contributed by atoms with Crippen molar-refractivity contribution < 1.29 is 4.74 Å². The molecule has 1 aliphatic carbocycles. The topological polar surface area (TPSA) is 49.9 Å². The van der Waals surface area contributed by atoms with Gasteiger partial charge >= 0.3 is 0 Å². The quantitative estimate of drug-likeness (QED) is 0.856. The molecule has 0 amide bonds. The predicted molar refractivity (Wildman–Crippen MR) is 83.2 cm³/mol. The van der Waals surface area contributed by atoms with Crippen LogP contribution in [0.4, 0.5) is 0 Å².